The van der Waals surface area contributed by atoms with Gasteiger partial charge in [0.15, 0.2) is 0 Å². The van der Waals surface area contributed by atoms with Crippen molar-refractivity contribution < 1.29 is 19.7 Å². The van der Waals surface area contributed by atoms with E-state index in [-0.39, 0.29) is 26.4 Å². The Kier molecular flexibility index (Phi) is 7.59. The van der Waals surface area contributed by atoms with Crippen molar-refractivity contribution in [3.63, 3.8) is 0 Å². The summed E-state index contributed by atoms with van der Waals surface area (Å²) in [6.45, 7) is 0.431. The standard InChI is InChI=1S/C37H30O4S2/c38-17-19-40-29-11-7-27(8-12-29)37(28-9-13-30(14-10-28)41-20-18-39)33-5-1-3-31(25-15-21-42-23-25)35(33)36-32(4-2-6-34(36)37)26-16-22-43-24-26/h1-16,21-24,38-39H,17-20H2. The van der Waals surface area contributed by atoms with Crippen molar-refractivity contribution in [2.24, 2.45) is 0 Å². The van der Waals surface area contributed by atoms with Crippen molar-refractivity contribution in [3.8, 4) is 44.9 Å². The van der Waals surface area contributed by atoms with Crippen molar-refractivity contribution in [2.75, 3.05) is 26.4 Å². The maximum atomic E-state index is 9.30. The molecule has 0 unspecified atom stereocenters. The number of aliphatic hydroxyl groups excluding tert-OH is 2. The van der Waals surface area contributed by atoms with Crippen LogP contribution in [-0.2, 0) is 5.41 Å². The van der Waals surface area contributed by atoms with E-state index < -0.39 is 5.41 Å². The average Bonchev–Trinajstić information content (AvgIpc) is 3.84. The van der Waals surface area contributed by atoms with Crippen LogP contribution in [-0.4, -0.2) is 36.6 Å². The van der Waals surface area contributed by atoms with E-state index in [0.717, 1.165) is 22.6 Å². The Hall–Kier alpha value is -4.20. The first-order chi connectivity index (χ1) is 21.3. The zero-order valence-corrected chi connectivity index (χ0v) is 25.0. The monoisotopic (exact) mass is 602 g/mol. The van der Waals surface area contributed by atoms with E-state index in [0.29, 0.717) is 0 Å². The third kappa shape index (κ3) is 4.67. The molecule has 0 amide bonds. The minimum Gasteiger partial charge on any atom is -0.491 e. The van der Waals surface area contributed by atoms with Crippen LogP contribution < -0.4 is 9.47 Å². The average molecular weight is 603 g/mol. The van der Waals surface area contributed by atoms with Gasteiger partial charge in [0.2, 0.25) is 0 Å². The Labute approximate surface area is 259 Å². The fraction of sp³-hybridized carbons (Fsp3) is 0.135. The minimum atomic E-state index is -0.617. The van der Waals surface area contributed by atoms with Gasteiger partial charge in [0.1, 0.15) is 24.7 Å². The van der Waals surface area contributed by atoms with Gasteiger partial charge in [0.25, 0.3) is 0 Å². The van der Waals surface area contributed by atoms with Gasteiger partial charge in [-0.3, -0.25) is 0 Å². The first-order valence-corrected chi connectivity index (χ1v) is 16.1. The molecule has 6 heteroatoms. The van der Waals surface area contributed by atoms with Crippen molar-refractivity contribution >= 4 is 22.7 Å². The Bertz CT molecular complexity index is 1690. The number of benzene rings is 4. The molecule has 2 aromatic heterocycles. The van der Waals surface area contributed by atoms with Crippen molar-refractivity contribution in [1.82, 2.24) is 0 Å². The van der Waals surface area contributed by atoms with Crippen LogP contribution in [0.4, 0.5) is 0 Å². The van der Waals surface area contributed by atoms with Crippen molar-refractivity contribution in [3.05, 3.63) is 141 Å². The number of hydrogen-bond donors (Lipinski definition) is 2. The lowest BCUT2D eigenvalue weighted by molar-refractivity contribution is 0.201. The molecule has 7 rings (SSSR count). The van der Waals surface area contributed by atoms with Gasteiger partial charge in [-0.05, 0) is 114 Å². The lowest BCUT2D eigenvalue weighted by Gasteiger charge is -2.34. The molecule has 4 nitrogen and oxygen atoms in total. The summed E-state index contributed by atoms with van der Waals surface area (Å²) in [5.41, 5.74) is 11.4. The van der Waals surface area contributed by atoms with Gasteiger partial charge in [-0.25, -0.2) is 0 Å². The van der Waals surface area contributed by atoms with Gasteiger partial charge in [-0.1, -0.05) is 60.7 Å². The highest BCUT2D eigenvalue weighted by molar-refractivity contribution is 7.08. The van der Waals surface area contributed by atoms with Gasteiger partial charge >= 0.3 is 0 Å². The van der Waals surface area contributed by atoms with Crippen molar-refractivity contribution in [2.45, 2.75) is 5.41 Å². The Balaban J connectivity index is 1.56. The molecule has 2 heterocycles. The minimum absolute atomic E-state index is 0.0339. The van der Waals surface area contributed by atoms with Gasteiger partial charge in [0.05, 0.1) is 18.6 Å². The molecule has 6 aromatic rings. The summed E-state index contributed by atoms with van der Waals surface area (Å²) < 4.78 is 11.5. The highest BCUT2D eigenvalue weighted by atomic mass is 32.1. The molecule has 214 valence electrons. The van der Waals surface area contributed by atoms with Crippen LogP contribution in [0.25, 0.3) is 33.4 Å². The number of hydrogen-bond acceptors (Lipinski definition) is 6. The largest absolute Gasteiger partial charge is 0.491 e. The van der Waals surface area contributed by atoms with E-state index in [1.54, 1.807) is 22.7 Å². The van der Waals surface area contributed by atoms with E-state index in [2.05, 4.69) is 94.3 Å². The summed E-state index contributed by atoms with van der Waals surface area (Å²) in [5, 5.41) is 27.3. The topological polar surface area (TPSA) is 58.9 Å². The lowest BCUT2D eigenvalue weighted by Crippen LogP contribution is -2.28. The smallest absolute Gasteiger partial charge is 0.119 e. The summed E-state index contributed by atoms with van der Waals surface area (Å²) in [4.78, 5) is 0. The predicted molar refractivity (Wildman–Crippen MR) is 176 cm³/mol. The number of ether oxygens (including phenoxy) is 2. The summed E-state index contributed by atoms with van der Waals surface area (Å²) in [6, 6.07) is 34.4. The maximum Gasteiger partial charge on any atom is 0.119 e. The molecule has 0 fully saturated rings. The van der Waals surface area contributed by atoms with Crippen LogP contribution in [0, 0.1) is 0 Å². The Morgan fingerprint density at radius 2 is 0.977 bits per heavy atom. The number of rotatable bonds is 10. The third-order valence-corrected chi connectivity index (χ3v) is 9.51. The van der Waals surface area contributed by atoms with Crippen LogP contribution in [0.2, 0.25) is 0 Å². The molecule has 2 N–H and O–H groups in total. The fourth-order valence-electron chi connectivity index (χ4n) is 6.45. The first-order valence-electron chi connectivity index (χ1n) is 14.3. The second-order valence-corrected chi connectivity index (χ2v) is 12.0. The number of fused-ring (bicyclic) bond motifs is 3. The number of aliphatic hydroxyl groups is 2. The molecule has 0 aliphatic heterocycles. The SMILES string of the molecule is OCCOc1ccc(C2(c3ccc(OCCO)cc3)c3cccc(-c4ccsc4)c3-c3c(-c4ccsc4)cccc32)cc1. The van der Waals surface area contributed by atoms with Crippen LogP contribution in [0.1, 0.15) is 22.3 Å². The zero-order chi connectivity index (χ0) is 29.2. The highest BCUT2D eigenvalue weighted by Gasteiger charge is 2.48. The molecule has 0 atom stereocenters. The molecule has 0 bridgehead atoms. The van der Waals surface area contributed by atoms with Gasteiger partial charge in [-0.15, -0.1) is 0 Å². The van der Waals surface area contributed by atoms with Crippen LogP contribution in [0.5, 0.6) is 11.5 Å². The Morgan fingerprint density at radius 1 is 0.535 bits per heavy atom. The van der Waals surface area contributed by atoms with Crippen LogP contribution >= 0.6 is 22.7 Å². The fourth-order valence-corrected chi connectivity index (χ4v) is 7.76. The van der Waals surface area contributed by atoms with E-state index in [1.165, 1.54) is 44.5 Å². The molecule has 0 spiro atoms. The third-order valence-electron chi connectivity index (χ3n) is 8.15. The summed E-state index contributed by atoms with van der Waals surface area (Å²) in [7, 11) is 0. The molecular weight excluding hydrogens is 573 g/mol. The molecular formula is C37H30O4S2. The molecule has 1 aliphatic rings. The predicted octanol–water partition coefficient (Wildman–Crippen LogP) is 8.25. The van der Waals surface area contributed by atoms with E-state index in [9.17, 15) is 10.2 Å². The highest BCUT2D eigenvalue weighted by Crippen LogP contribution is 2.60. The molecule has 0 saturated carbocycles. The van der Waals surface area contributed by atoms with E-state index >= 15 is 0 Å². The second kappa shape index (κ2) is 11.8. The first kappa shape index (κ1) is 27.6. The summed E-state index contributed by atoms with van der Waals surface area (Å²) >= 11 is 3.42. The van der Waals surface area contributed by atoms with Crippen LogP contribution in [0.15, 0.2) is 119 Å². The quantitative estimate of drug-likeness (QED) is 0.166. The Morgan fingerprint density at radius 3 is 1.35 bits per heavy atom. The normalized spacial score (nSPS) is 13.0. The summed E-state index contributed by atoms with van der Waals surface area (Å²) in [6.07, 6.45) is 0. The zero-order valence-electron chi connectivity index (χ0n) is 23.4. The molecule has 1 aliphatic carbocycles. The van der Waals surface area contributed by atoms with Gasteiger partial charge < -0.3 is 19.7 Å². The number of thiophene rings is 2. The van der Waals surface area contributed by atoms with E-state index in [1.807, 2.05) is 24.3 Å². The van der Waals surface area contributed by atoms with Gasteiger partial charge in [-0.2, -0.15) is 22.7 Å². The molecule has 4 aromatic carbocycles. The van der Waals surface area contributed by atoms with Crippen LogP contribution in [0.3, 0.4) is 0 Å². The lowest BCUT2D eigenvalue weighted by atomic mass is 9.67. The summed E-state index contributed by atoms with van der Waals surface area (Å²) in [5.74, 6) is 1.44. The molecule has 43 heavy (non-hydrogen) atoms. The van der Waals surface area contributed by atoms with E-state index in [4.69, 9.17) is 9.47 Å². The molecule has 0 saturated heterocycles. The van der Waals surface area contributed by atoms with Gasteiger partial charge in [0, 0.05) is 0 Å². The van der Waals surface area contributed by atoms with Crippen molar-refractivity contribution in [1.29, 1.82) is 0 Å². The second-order valence-electron chi connectivity index (χ2n) is 10.4. The maximum absolute atomic E-state index is 9.30. The molecule has 0 radical (unpaired) electrons.